The van der Waals surface area contributed by atoms with E-state index in [4.69, 9.17) is 23.2 Å². The summed E-state index contributed by atoms with van der Waals surface area (Å²) in [6.45, 7) is 5.73. The minimum Gasteiger partial charge on any atom is -0.313 e. The molecule has 0 aliphatic heterocycles. The molecular weight excluding hydrogens is 277 g/mol. The molecule has 1 N–H and O–H groups in total. The topological polar surface area (TPSA) is 12.0 Å². The minimum atomic E-state index is 0.419. The lowest BCUT2D eigenvalue weighted by Gasteiger charge is -2.39. The van der Waals surface area contributed by atoms with Gasteiger partial charge in [0.25, 0.3) is 0 Å². The molecule has 1 nitrogen and oxygen atoms in total. The second-order valence-corrected chi connectivity index (χ2v) is 7.07. The summed E-state index contributed by atoms with van der Waals surface area (Å²) in [6.07, 6.45) is 6.30. The minimum absolute atomic E-state index is 0.419. The molecule has 0 amide bonds. The SMILES string of the molecule is CC1(C)CCCCC1NCCc1ccc(Cl)cc1Cl. The highest BCUT2D eigenvalue weighted by atomic mass is 35.5. The van der Waals surface area contributed by atoms with E-state index in [-0.39, 0.29) is 0 Å². The highest BCUT2D eigenvalue weighted by Gasteiger charge is 2.31. The smallest absolute Gasteiger partial charge is 0.0453 e. The van der Waals surface area contributed by atoms with Crippen LogP contribution >= 0.6 is 23.2 Å². The molecule has 1 aromatic rings. The van der Waals surface area contributed by atoms with E-state index < -0.39 is 0 Å². The number of halogens is 2. The summed E-state index contributed by atoms with van der Waals surface area (Å²) in [6, 6.07) is 6.39. The highest BCUT2D eigenvalue weighted by Crippen LogP contribution is 2.35. The van der Waals surface area contributed by atoms with Crippen molar-refractivity contribution in [1.29, 1.82) is 0 Å². The van der Waals surface area contributed by atoms with Crippen molar-refractivity contribution in [3.63, 3.8) is 0 Å². The Bertz CT molecular complexity index is 429. The summed E-state index contributed by atoms with van der Waals surface area (Å²) in [5.41, 5.74) is 1.59. The van der Waals surface area contributed by atoms with Gasteiger partial charge in [0.05, 0.1) is 0 Å². The molecule has 0 heterocycles. The van der Waals surface area contributed by atoms with Crippen molar-refractivity contribution in [3.05, 3.63) is 33.8 Å². The molecule has 3 heteroatoms. The maximum atomic E-state index is 6.19. The maximum Gasteiger partial charge on any atom is 0.0453 e. The molecule has 0 bridgehead atoms. The maximum absolute atomic E-state index is 6.19. The largest absolute Gasteiger partial charge is 0.313 e. The molecule has 1 fully saturated rings. The van der Waals surface area contributed by atoms with Crippen LogP contribution in [0.15, 0.2) is 18.2 Å². The Hall–Kier alpha value is -0.240. The monoisotopic (exact) mass is 299 g/mol. The summed E-state index contributed by atoms with van der Waals surface area (Å²) >= 11 is 12.1. The van der Waals surface area contributed by atoms with Crippen molar-refractivity contribution in [2.45, 2.75) is 52.0 Å². The van der Waals surface area contributed by atoms with Crippen molar-refractivity contribution in [3.8, 4) is 0 Å². The summed E-state index contributed by atoms with van der Waals surface area (Å²) in [5.74, 6) is 0. The number of hydrogen-bond acceptors (Lipinski definition) is 1. The van der Waals surface area contributed by atoms with E-state index in [0.717, 1.165) is 18.0 Å². The molecule has 1 aliphatic carbocycles. The third kappa shape index (κ3) is 4.11. The number of rotatable bonds is 4. The van der Waals surface area contributed by atoms with Gasteiger partial charge in [0.2, 0.25) is 0 Å². The first-order chi connectivity index (χ1) is 8.99. The molecule has 1 unspecified atom stereocenters. The van der Waals surface area contributed by atoms with Gasteiger partial charge in [0.1, 0.15) is 0 Å². The second kappa shape index (κ2) is 6.47. The van der Waals surface area contributed by atoms with Gasteiger partial charge < -0.3 is 5.32 Å². The lowest BCUT2D eigenvalue weighted by molar-refractivity contribution is 0.169. The van der Waals surface area contributed by atoms with Gasteiger partial charge >= 0.3 is 0 Å². The third-order valence-corrected chi connectivity index (χ3v) is 4.89. The molecule has 19 heavy (non-hydrogen) atoms. The molecule has 0 saturated heterocycles. The highest BCUT2D eigenvalue weighted by molar-refractivity contribution is 6.35. The van der Waals surface area contributed by atoms with Crippen LogP contribution in [0.2, 0.25) is 10.0 Å². The third-order valence-electron chi connectivity index (χ3n) is 4.31. The van der Waals surface area contributed by atoms with Crippen LogP contribution in [0.25, 0.3) is 0 Å². The van der Waals surface area contributed by atoms with E-state index in [1.807, 2.05) is 18.2 Å². The first-order valence-electron chi connectivity index (χ1n) is 7.16. The van der Waals surface area contributed by atoms with Gasteiger partial charge in [-0.25, -0.2) is 0 Å². The molecule has 1 aliphatic rings. The Morgan fingerprint density at radius 3 is 2.74 bits per heavy atom. The zero-order valence-electron chi connectivity index (χ0n) is 11.8. The van der Waals surface area contributed by atoms with Crippen LogP contribution in [-0.4, -0.2) is 12.6 Å². The number of nitrogens with one attached hydrogen (secondary N) is 1. The first-order valence-corrected chi connectivity index (χ1v) is 7.92. The molecule has 1 aromatic carbocycles. The van der Waals surface area contributed by atoms with Gasteiger partial charge in [-0.3, -0.25) is 0 Å². The summed E-state index contributed by atoms with van der Waals surface area (Å²) in [4.78, 5) is 0. The van der Waals surface area contributed by atoms with Crippen LogP contribution in [0.5, 0.6) is 0 Å². The molecular formula is C16H23Cl2N. The summed E-state index contributed by atoms with van der Waals surface area (Å²) < 4.78 is 0. The van der Waals surface area contributed by atoms with E-state index in [2.05, 4.69) is 19.2 Å². The van der Waals surface area contributed by atoms with Crippen molar-refractivity contribution < 1.29 is 0 Å². The Balaban J connectivity index is 1.86. The van der Waals surface area contributed by atoms with Crippen molar-refractivity contribution >= 4 is 23.2 Å². The predicted octanol–water partition coefficient (Wildman–Crippen LogP) is 5.09. The molecule has 0 spiro atoms. The zero-order chi connectivity index (χ0) is 13.9. The molecule has 106 valence electrons. The predicted molar refractivity (Wildman–Crippen MR) is 84.2 cm³/mol. The number of benzene rings is 1. The van der Waals surface area contributed by atoms with E-state index in [1.165, 1.54) is 31.2 Å². The van der Waals surface area contributed by atoms with Gasteiger partial charge in [-0.05, 0) is 48.9 Å². The standard InChI is InChI=1S/C16H23Cl2N/c1-16(2)9-4-3-5-15(16)19-10-8-12-6-7-13(17)11-14(12)18/h6-7,11,15,19H,3-5,8-10H2,1-2H3. The van der Waals surface area contributed by atoms with Gasteiger partial charge in [-0.15, -0.1) is 0 Å². The van der Waals surface area contributed by atoms with E-state index in [1.54, 1.807) is 0 Å². The van der Waals surface area contributed by atoms with Crippen molar-refractivity contribution in [2.75, 3.05) is 6.54 Å². The van der Waals surface area contributed by atoms with E-state index >= 15 is 0 Å². The van der Waals surface area contributed by atoms with Gasteiger partial charge in [0.15, 0.2) is 0 Å². The van der Waals surface area contributed by atoms with Gasteiger partial charge in [-0.2, -0.15) is 0 Å². The second-order valence-electron chi connectivity index (χ2n) is 6.23. The lowest BCUT2D eigenvalue weighted by atomic mass is 9.73. The Morgan fingerprint density at radius 2 is 2.05 bits per heavy atom. The quantitative estimate of drug-likeness (QED) is 0.816. The Labute approximate surface area is 126 Å². The lowest BCUT2D eigenvalue weighted by Crippen LogP contribution is -2.44. The van der Waals surface area contributed by atoms with Crippen molar-refractivity contribution in [1.82, 2.24) is 5.32 Å². The van der Waals surface area contributed by atoms with Gasteiger partial charge in [0, 0.05) is 16.1 Å². The average molecular weight is 300 g/mol. The number of hydrogen-bond donors (Lipinski definition) is 1. The zero-order valence-corrected chi connectivity index (χ0v) is 13.3. The van der Waals surface area contributed by atoms with Gasteiger partial charge in [-0.1, -0.05) is 56.0 Å². The molecule has 0 aromatic heterocycles. The normalized spacial score (nSPS) is 22.4. The summed E-state index contributed by atoms with van der Waals surface area (Å²) in [7, 11) is 0. The fourth-order valence-corrected chi connectivity index (χ4v) is 3.48. The Kier molecular flexibility index (Phi) is 5.16. The van der Waals surface area contributed by atoms with Crippen LogP contribution in [-0.2, 0) is 6.42 Å². The summed E-state index contributed by atoms with van der Waals surface area (Å²) in [5, 5.41) is 5.19. The van der Waals surface area contributed by atoms with Crippen molar-refractivity contribution in [2.24, 2.45) is 5.41 Å². The average Bonchev–Trinajstić information content (AvgIpc) is 2.33. The van der Waals surface area contributed by atoms with Crippen LogP contribution in [0, 0.1) is 5.41 Å². The van der Waals surface area contributed by atoms with Crippen LogP contribution in [0.3, 0.4) is 0 Å². The molecule has 2 rings (SSSR count). The van der Waals surface area contributed by atoms with E-state index in [0.29, 0.717) is 16.5 Å². The van der Waals surface area contributed by atoms with Crippen LogP contribution in [0.1, 0.15) is 45.1 Å². The molecule has 1 atom stereocenters. The van der Waals surface area contributed by atoms with Crippen LogP contribution in [0.4, 0.5) is 0 Å². The molecule has 1 saturated carbocycles. The Morgan fingerprint density at radius 1 is 1.26 bits per heavy atom. The van der Waals surface area contributed by atoms with E-state index in [9.17, 15) is 0 Å². The van der Waals surface area contributed by atoms with Crippen LogP contribution < -0.4 is 5.32 Å². The first kappa shape index (κ1) is 15.2. The molecule has 0 radical (unpaired) electrons. The fraction of sp³-hybridized carbons (Fsp3) is 0.625. The fourth-order valence-electron chi connectivity index (χ4n) is 2.98.